The van der Waals surface area contributed by atoms with Gasteiger partial charge in [0.15, 0.2) is 5.82 Å². The second-order valence-electron chi connectivity index (χ2n) is 7.54. The number of carbonyl (C=O) groups excluding carboxylic acids is 1. The van der Waals surface area contributed by atoms with Gasteiger partial charge in [0.1, 0.15) is 16.5 Å². The van der Waals surface area contributed by atoms with Gasteiger partial charge in [-0.2, -0.15) is 5.10 Å². The summed E-state index contributed by atoms with van der Waals surface area (Å²) in [6, 6.07) is 15.3. The number of rotatable bonds is 8. The molecular weight excluding hydrogens is 436 g/mol. The van der Waals surface area contributed by atoms with E-state index < -0.39 is 0 Å². The first-order valence-electron chi connectivity index (χ1n) is 10.8. The molecule has 170 valence electrons. The van der Waals surface area contributed by atoms with Gasteiger partial charge in [-0.05, 0) is 43.9 Å². The maximum atomic E-state index is 12.5. The zero-order valence-electron chi connectivity index (χ0n) is 18.7. The molecule has 4 rings (SSSR count). The van der Waals surface area contributed by atoms with E-state index in [4.69, 9.17) is 19.4 Å². The molecule has 1 N–H and O–H groups in total. The van der Waals surface area contributed by atoms with E-state index in [9.17, 15) is 4.79 Å². The zero-order valence-corrected chi connectivity index (χ0v) is 19.5. The van der Waals surface area contributed by atoms with Gasteiger partial charge in [0.25, 0.3) is 0 Å². The van der Waals surface area contributed by atoms with Gasteiger partial charge in [-0.15, -0.1) is 0 Å². The van der Waals surface area contributed by atoms with Crippen LogP contribution in [0, 0.1) is 0 Å². The predicted octanol–water partition coefficient (Wildman–Crippen LogP) is 4.28. The monoisotopic (exact) mass is 462 g/mol. The molecule has 0 aliphatic heterocycles. The molecule has 1 aliphatic rings. The Morgan fingerprint density at radius 3 is 2.70 bits per heavy atom. The SMILES string of the molecule is COc1ccc(OC)c(C=NNC(=O)CSc2nc(-c3ccccc3)nc3c2CCCC3)c1. The van der Waals surface area contributed by atoms with Crippen molar-refractivity contribution in [3.8, 4) is 22.9 Å². The van der Waals surface area contributed by atoms with Crippen LogP contribution in [0.3, 0.4) is 0 Å². The average Bonchev–Trinajstić information content (AvgIpc) is 2.87. The summed E-state index contributed by atoms with van der Waals surface area (Å²) < 4.78 is 10.6. The van der Waals surface area contributed by atoms with Crippen molar-refractivity contribution in [2.24, 2.45) is 5.10 Å². The zero-order chi connectivity index (χ0) is 23.0. The molecule has 1 aliphatic carbocycles. The highest BCUT2D eigenvalue weighted by Crippen LogP contribution is 2.31. The number of benzene rings is 2. The molecule has 0 spiro atoms. The Hall–Kier alpha value is -3.39. The molecule has 2 aromatic carbocycles. The minimum absolute atomic E-state index is 0.206. The lowest BCUT2D eigenvalue weighted by Gasteiger charge is -2.18. The van der Waals surface area contributed by atoms with Crippen LogP contribution in [0.4, 0.5) is 0 Å². The van der Waals surface area contributed by atoms with Gasteiger partial charge in [-0.3, -0.25) is 4.79 Å². The quantitative estimate of drug-likeness (QED) is 0.233. The summed E-state index contributed by atoms with van der Waals surface area (Å²) in [5, 5.41) is 4.97. The number of fused-ring (bicyclic) bond motifs is 1. The van der Waals surface area contributed by atoms with Crippen molar-refractivity contribution in [2.45, 2.75) is 30.7 Å². The number of ether oxygens (including phenoxy) is 2. The normalized spacial score (nSPS) is 12.9. The van der Waals surface area contributed by atoms with E-state index in [1.165, 1.54) is 17.3 Å². The Balaban J connectivity index is 1.45. The number of methoxy groups -OCH3 is 2. The molecular formula is C25H26N4O3S. The van der Waals surface area contributed by atoms with Crippen LogP contribution in [-0.2, 0) is 17.6 Å². The van der Waals surface area contributed by atoms with Crippen LogP contribution in [0.25, 0.3) is 11.4 Å². The molecule has 0 fully saturated rings. The number of nitrogens with zero attached hydrogens (tertiary/aromatic N) is 3. The summed E-state index contributed by atoms with van der Waals surface area (Å²) in [5.41, 5.74) is 6.55. The van der Waals surface area contributed by atoms with Gasteiger partial charge in [0.2, 0.25) is 5.91 Å². The minimum atomic E-state index is -0.206. The molecule has 3 aromatic rings. The first-order chi connectivity index (χ1) is 16.2. The summed E-state index contributed by atoms with van der Waals surface area (Å²) in [6.45, 7) is 0. The first-order valence-corrected chi connectivity index (χ1v) is 11.8. The molecule has 1 heterocycles. The number of aromatic nitrogens is 2. The number of nitrogens with one attached hydrogen (secondary N) is 1. The van der Waals surface area contributed by atoms with Crippen LogP contribution in [0.2, 0.25) is 0 Å². The Kier molecular flexibility index (Phi) is 7.57. The molecule has 0 radical (unpaired) electrons. The van der Waals surface area contributed by atoms with Crippen molar-refractivity contribution in [3.63, 3.8) is 0 Å². The molecule has 1 aromatic heterocycles. The summed E-state index contributed by atoms with van der Waals surface area (Å²) >= 11 is 1.43. The van der Waals surface area contributed by atoms with E-state index in [0.29, 0.717) is 22.9 Å². The lowest BCUT2D eigenvalue weighted by atomic mass is 9.97. The molecule has 33 heavy (non-hydrogen) atoms. The highest BCUT2D eigenvalue weighted by Gasteiger charge is 2.19. The van der Waals surface area contributed by atoms with E-state index in [-0.39, 0.29) is 11.7 Å². The first kappa shape index (κ1) is 22.8. The second kappa shape index (κ2) is 11.0. The standard InChI is InChI=1S/C25H26N4O3S/c1-31-19-12-13-22(32-2)18(14-19)15-26-29-23(30)16-33-25-20-10-6-7-11-21(20)27-24(28-25)17-8-4-3-5-9-17/h3-5,8-9,12-15H,6-7,10-11,16H2,1-2H3,(H,29,30). The van der Waals surface area contributed by atoms with Crippen molar-refractivity contribution < 1.29 is 14.3 Å². The number of hydrogen-bond donors (Lipinski definition) is 1. The molecule has 7 nitrogen and oxygen atoms in total. The second-order valence-corrected chi connectivity index (χ2v) is 8.50. The van der Waals surface area contributed by atoms with E-state index in [1.54, 1.807) is 38.6 Å². The summed E-state index contributed by atoms with van der Waals surface area (Å²) in [5.74, 6) is 2.04. The van der Waals surface area contributed by atoms with Gasteiger partial charge in [0.05, 0.1) is 26.2 Å². The number of hydrogen-bond acceptors (Lipinski definition) is 7. The van der Waals surface area contributed by atoms with Crippen molar-refractivity contribution in [1.29, 1.82) is 0 Å². The maximum absolute atomic E-state index is 12.5. The third-order valence-electron chi connectivity index (χ3n) is 5.35. The van der Waals surface area contributed by atoms with Crippen LogP contribution in [0.15, 0.2) is 58.7 Å². The van der Waals surface area contributed by atoms with E-state index in [2.05, 4.69) is 10.5 Å². The fourth-order valence-corrected chi connectivity index (χ4v) is 4.55. The van der Waals surface area contributed by atoms with Crippen molar-refractivity contribution in [3.05, 3.63) is 65.4 Å². The van der Waals surface area contributed by atoms with Crippen molar-refractivity contribution >= 4 is 23.9 Å². The van der Waals surface area contributed by atoms with Crippen LogP contribution in [0.5, 0.6) is 11.5 Å². The molecule has 8 heteroatoms. The molecule has 0 saturated carbocycles. The average molecular weight is 463 g/mol. The predicted molar refractivity (Wildman–Crippen MR) is 130 cm³/mol. The third-order valence-corrected chi connectivity index (χ3v) is 6.36. The molecule has 0 unspecified atom stereocenters. The minimum Gasteiger partial charge on any atom is -0.497 e. The van der Waals surface area contributed by atoms with Gasteiger partial charge in [-0.25, -0.2) is 15.4 Å². The van der Waals surface area contributed by atoms with Gasteiger partial charge >= 0.3 is 0 Å². The Bertz CT molecular complexity index is 1150. The largest absolute Gasteiger partial charge is 0.497 e. The van der Waals surface area contributed by atoms with E-state index in [1.807, 2.05) is 30.3 Å². The highest BCUT2D eigenvalue weighted by atomic mass is 32.2. The van der Waals surface area contributed by atoms with Crippen LogP contribution >= 0.6 is 11.8 Å². The molecule has 0 bridgehead atoms. The topological polar surface area (TPSA) is 85.7 Å². The maximum Gasteiger partial charge on any atom is 0.250 e. The third kappa shape index (κ3) is 5.70. The Labute approximate surface area is 197 Å². The van der Waals surface area contributed by atoms with Crippen LogP contribution in [-0.4, -0.2) is 42.1 Å². The number of carbonyl (C=O) groups is 1. The number of aryl methyl sites for hydroxylation is 1. The van der Waals surface area contributed by atoms with Gasteiger partial charge in [-0.1, -0.05) is 42.1 Å². The lowest BCUT2D eigenvalue weighted by Crippen LogP contribution is -2.20. The number of hydrazone groups is 1. The summed E-state index contributed by atoms with van der Waals surface area (Å²) in [6.07, 6.45) is 5.69. The summed E-state index contributed by atoms with van der Waals surface area (Å²) in [7, 11) is 3.18. The fourth-order valence-electron chi connectivity index (χ4n) is 3.68. The van der Waals surface area contributed by atoms with Crippen LogP contribution in [0.1, 0.15) is 29.7 Å². The van der Waals surface area contributed by atoms with E-state index in [0.717, 1.165) is 42.0 Å². The fraction of sp³-hybridized carbons (Fsp3) is 0.280. The molecule has 0 saturated heterocycles. The number of amides is 1. The number of thioether (sulfide) groups is 1. The Morgan fingerprint density at radius 1 is 1.09 bits per heavy atom. The smallest absolute Gasteiger partial charge is 0.250 e. The molecule has 0 atom stereocenters. The van der Waals surface area contributed by atoms with Gasteiger partial charge < -0.3 is 9.47 Å². The van der Waals surface area contributed by atoms with Crippen LogP contribution < -0.4 is 14.9 Å². The van der Waals surface area contributed by atoms with Crippen molar-refractivity contribution in [1.82, 2.24) is 15.4 Å². The molecule has 1 amide bonds. The van der Waals surface area contributed by atoms with Crippen molar-refractivity contribution in [2.75, 3.05) is 20.0 Å². The lowest BCUT2D eigenvalue weighted by molar-refractivity contribution is -0.118. The summed E-state index contributed by atoms with van der Waals surface area (Å²) in [4.78, 5) is 22.1. The highest BCUT2D eigenvalue weighted by molar-refractivity contribution is 7.99. The van der Waals surface area contributed by atoms with E-state index >= 15 is 0 Å². The Morgan fingerprint density at radius 2 is 1.91 bits per heavy atom. The van der Waals surface area contributed by atoms with Gasteiger partial charge in [0, 0.05) is 22.4 Å².